The minimum absolute atomic E-state index is 0.280. The summed E-state index contributed by atoms with van der Waals surface area (Å²) in [7, 11) is 4.01. The summed E-state index contributed by atoms with van der Waals surface area (Å²) in [5.41, 5.74) is 2.66. The van der Waals surface area contributed by atoms with Crippen LogP contribution in [-0.2, 0) is 4.79 Å². The van der Waals surface area contributed by atoms with Crippen molar-refractivity contribution in [3.05, 3.63) is 41.5 Å². The molecule has 0 unspecified atom stereocenters. The van der Waals surface area contributed by atoms with Gasteiger partial charge in [-0.1, -0.05) is 18.2 Å². The molecule has 0 aliphatic carbocycles. The van der Waals surface area contributed by atoms with E-state index in [-0.39, 0.29) is 5.91 Å². The van der Waals surface area contributed by atoms with Crippen LogP contribution in [0.2, 0.25) is 0 Å². The van der Waals surface area contributed by atoms with Crippen LogP contribution in [0.4, 0.5) is 5.69 Å². The van der Waals surface area contributed by atoms with Crippen molar-refractivity contribution in [2.45, 2.75) is 13.3 Å². The number of fused-ring (bicyclic) bond motifs is 1. The number of benzene rings is 2. The maximum absolute atomic E-state index is 12.9. The van der Waals surface area contributed by atoms with Crippen LogP contribution in [-0.4, -0.2) is 56.7 Å². The fourth-order valence-corrected chi connectivity index (χ4v) is 3.38. The van der Waals surface area contributed by atoms with E-state index in [1.807, 2.05) is 44.3 Å². The predicted molar refractivity (Wildman–Crippen MR) is 111 cm³/mol. The molecule has 140 valence electrons. The zero-order valence-electron chi connectivity index (χ0n) is 15.7. The molecule has 2 aromatic rings. The van der Waals surface area contributed by atoms with E-state index >= 15 is 0 Å². The maximum Gasteiger partial charge on any atom is 0.260 e. The average molecular weight is 374 g/mol. The summed E-state index contributed by atoms with van der Waals surface area (Å²) in [6.07, 6.45) is 1.61. The van der Waals surface area contributed by atoms with Gasteiger partial charge in [0.2, 0.25) is 6.41 Å². The maximum atomic E-state index is 12.9. The van der Waals surface area contributed by atoms with Crippen molar-refractivity contribution in [2.24, 2.45) is 0 Å². The SMILES string of the molecule is CNCCCN(C)c1ccc(C(=O)N(C=O)CCS)c2c(C)cccc12. The van der Waals surface area contributed by atoms with E-state index < -0.39 is 0 Å². The molecule has 0 aliphatic rings. The monoisotopic (exact) mass is 373 g/mol. The van der Waals surface area contributed by atoms with E-state index in [0.717, 1.165) is 41.5 Å². The number of nitrogens with zero attached hydrogens (tertiary/aromatic N) is 2. The van der Waals surface area contributed by atoms with Crippen molar-refractivity contribution >= 4 is 41.4 Å². The van der Waals surface area contributed by atoms with E-state index in [9.17, 15) is 9.59 Å². The van der Waals surface area contributed by atoms with Gasteiger partial charge in [-0.2, -0.15) is 12.6 Å². The van der Waals surface area contributed by atoms with E-state index in [2.05, 4.69) is 29.9 Å². The molecule has 0 saturated heterocycles. The largest absolute Gasteiger partial charge is 0.374 e. The van der Waals surface area contributed by atoms with E-state index in [0.29, 0.717) is 24.3 Å². The van der Waals surface area contributed by atoms with Gasteiger partial charge in [-0.3, -0.25) is 14.5 Å². The molecule has 2 aromatic carbocycles. The molecule has 0 fully saturated rings. The third kappa shape index (κ3) is 4.37. The molecule has 5 nitrogen and oxygen atoms in total. The smallest absolute Gasteiger partial charge is 0.260 e. The number of thiol groups is 1. The van der Waals surface area contributed by atoms with Crippen LogP contribution in [0.5, 0.6) is 0 Å². The summed E-state index contributed by atoms with van der Waals surface area (Å²) in [5.74, 6) is 0.158. The summed E-state index contributed by atoms with van der Waals surface area (Å²) in [4.78, 5) is 27.6. The van der Waals surface area contributed by atoms with E-state index in [1.54, 1.807) is 0 Å². The molecule has 0 aromatic heterocycles. The van der Waals surface area contributed by atoms with Gasteiger partial charge in [0.1, 0.15) is 0 Å². The highest BCUT2D eigenvalue weighted by atomic mass is 32.1. The Kier molecular flexibility index (Phi) is 7.48. The molecule has 2 amide bonds. The second kappa shape index (κ2) is 9.59. The number of imide groups is 1. The normalized spacial score (nSPS) is 10.8. The van der Waals surface area contributed by atoms with Gasteiger partial charge in [0, 0.05) is 42.5 Å². The topological polar surface area (TPSA) is 52.7 Å². The van der Waals surface area contributed by atoms with Gasteiger partial charge in [-0.15, -0.1) is 0 Å². The average Bonchev–Trinajstić information content (AvgIpc) is 2.65. The van der Waals surface area contributed by atoms with Gasteiger partial charge in [-0.25, -0.2) is 0 Å². The van der Waals surface area contributed by atoms with Crippen molar-refractivity contribution in [3.8, 4) is 0 Å². The molecule has 2 rings (SSSR count). The van der Waals surface area contributed by atoms with Crippen LogP contribution in [0.3, 0.4) is 0 Å². The van der Waals surface area contributed by atoms with E-state index in [4.69, 9.17) is 0 Å². The molecule has 26 heavy (non-hydrogen) atoms. The van der Waals surface area contributed by atoms with Gasteiger partial charge in [0.15, 0.2) is 0 Å². The standard InChI is InChI=1S/C20H27N3O2S/c1-15-6-4-7-16-18(22(3)11-5-10-21-2)9-8-17(19(15)16)20(25)23(14-24)12-13-26/h4,6-9,14,21,26H,5,10-13H2,1-3H3. The first-order valence-corrected chi connectivity index (χ1v) is 9.43. The molecule has 0 spiro atoms. The minimum atomic E-state index is -0.280. The van der Waals surface area contributed by atoms with Crippen LogP contribution >= 0.6 is 12.6 Å². The Balaban J connectivity index is 2.50. The molecule has 0 saturated carbocycles. The molecule has 0 atom stereocenters. The summed E-state index contributed by atoms with van der Waals surface area (Å²) < 4.78 is 0. The fourth-order valence-electron chi connectivity index (χ4n) is 3.16. The summed E-state index contributed by atoms with van der Waals surface area (Å²) in [6.45, 7) is 4.16. The molecular formula is C20H27N3O2S. The van der Waals surface area contributed by atoms with E-state index in [1.165, 1.54) is 4.90 Å². The molecule has 0 heterocycles. The number of hydrogen-bond acceptors (Lipinski definition) is 5. The van der Waals surface area contributed by atoms with Gasteiger partial charge in [0.05, 0.1) is 0 Å². The molecule has 1 N–H and O–H groups in total. The Morgan fingerprint density at radius 1 is 1.23 bits per heavy atom. The van der Waals surface area contributed by atoms with Crippen molar-refractivity contribution < 1.29 is 9.59 Å². The third-order valence-corrected chi connectivity index (χ3v) is 4.72. The van der Waals surface area contributed by atoms with Crippen molar-refractivity contribution in [3.63, 3.8) is 0 Å². The lowest BCUT2D eigenvalue weighted by molar-refractivity contribution is -0.115. The van der Waals surface area contributed by atoms with Crippen LogP contribution in [0.25, 0.3) is 10.8 Å². The quantitative estimate of drug-likeness (QED) is 0.403. The number of carbonyl (C=O) groups is 2. The number of anilines is 1. The lowest BCUT2D eigenvalue weighted by atomic mass is 9.97. The first-order chi connectivity index (χ1) is 12.5. The number of rotatable bonds is 9. The highest BCUT2D eigenvalue weighted by molar-refractivity contribution is 7.80. The van der Waals surface area contributed by atoms with Gasteiger partial charge in [-0.05, 0) is 50.0 Å². The van der Waals surface area contributed by atoms with Gasteiger partial charge in [0.25, 0.3) is 5.91 Å². The first kappa shape index (κ1) is 20.3. The highest BCUT2D eigenvalue weighted by Crippen LogP contribution is 2.32. The van der Waals surface area contributed by atoms with Crippen molar-refractivity contribution in [2.75, 3.05) is 44.4 Å². The van der Waals surface area contributed by atoms with Gasteiger partial charge < -0.3 is 10.2 Å². The Bertz CT molecular complexity index is 779. The van der Waals surface area contributed by atoms with Crippen LogP contribution < -0.4 is 10.2 Å². The Hall–Kier alpha value is -2.05. The van der Waals surface area contributed by atoms with Crippen molar-refractivity contribution in [1.29, 1.82) is 0 Å². The lowest BCUT2D eigenvalue weighted by Crippen LogP contribution is -2.31. The summed E-state index contributed by atoms with van der Waals surface area (Å²) in [5, 5.41) is 5.09. The van der Waals surface area contributed by atoms with Gasteiger partial charge >= 0.3 is 0 Å². The van der Waals surface area contributed by atoms with Crippen LogP contribution in [0.1, 0.15) is 22.3 Å². The minimum Gasteiger partial charge on any atom is -0.374 e. The Morgan fingerprint density at radius 2 is 2.00 bits per heavy atom. The predicted octanol–water partition coefficient (Wildman–Crippen LogP) is 2.72. The number of hydrogen-bond donors (Lipinski definition) is 2. The fraction of sp³-hybridized carbons (Fsp3) is 0.400. The second-order valence-corrected chi connectivity index (χ2v) is 6.78. The molecular weight excluding hydrogens is 346 g/mol. The van der Waals surface area contributed by atoms with Crippen LogP contribution in [0.15, 0.2) is 30.3 Å². The lowest BCUT2D eigenvalue weighted by Gasteiger charge is -2.23. The van der Waals surface area contributed by atoms with Crippen LogP contribution in [0, 0.1) is 6.92 Å². The number of carbonyl (C=O) groups excluding carboxylic acids is 2. The molecule has 0 bridgehead atoms. The summed E-state index contributed by atoms with van der Waals surface area (Å²) >= 11 is 4.13. The first-order valence-electron chi connectivity index (χ1n) is 8.80. The highest BCUT2D eigenvalue weighted by Gasteiger charge is 2.20. The molecule has 6 heteroatoms. The zero-order valence-corrected chi connectivity index (χ0v) is 16.6. The Labute approximate surface area is 160 Å². The number of amides is 2. The van der Waals surface area contributed by atoms with Crippen molar-refractivity contribution in [1.82, 2.24) is 10.2 Å². The molecule has 0 radical (unpaired) electrons. The Morgan fingerprint density at radius 3 is 2.65 bits per heavy atom. The number of aryl methyl sites for hydroxylation is 1. The molecule has 0 aliphatic heterocycles. The number of nitrogens with one attached hydrogen (secondary N) is 1. The zero-order chi connectivity index (χ0) is 19.1. The second-order valence-electron chi connectivity index (χ2n) is 6.34. The third-order valence-electron chi connectivity index (χ3n) is 4.52. The summed E-state index contributed by atoms with van der Waals surface area (Å²) in [6, 6.07) is 9.83.